The molecule has 0 radical (unpaired) electrons. The van der Waals surface area contributed by atoms with Crippen molar-refractivity contribution in [3.63, 3.8) is 0 Å². The van der Waals surface area contributed by atoms with E-state index in [2.05, 4.69) is 10.2 Å². The van der Waals surface area contributed by atoms with Crippen LogP contribution in [0.4, 0.5) is 5.69 Å². The van der Waals surface area contributed by atoms with Crippen LogP contribution in [0.5, 0.6) is 0 Å². The van der Waals surface area contributed by atoms with Crippen molar-refractivity contribution in [2.45, 2.75) is 13.2 Å². The van der Waals surface area contributed by atoms with Gasteiger partial charge in [0.05, 0.1) is 37.8 Å². The van der Waals surface area contributed by atoms with Gasteiger partial charge in [0.1, 0.15) is 6.07 Å². The van der Waals surface area contributed by atoms with E-state index in [9.17, 15) is 0 Å². The molecule has 0 aliphatic carbocycles. The van der Waals surface area contributed by atoms with Crippen LogP contribution in [0.25, 0.3) is 0 Å². The highest BCUT2D eigenvalue weighted by Gasteiger charge is 2.08. The summed E-state index contributed by atoms with van der Waals surface area (Å²) in [6, 6.07) is 11.8. The number of benzene rings is 1. The lowest BCUT2D eigenvalue weighted by Crippen LogP contribution is -2.05. The third-order valence-corrected chi connectivity index (χ3v) is 2.72. The van der Waals surface area contributed by atoms with Gasteiger partial charge < -0.3 is 15.2 Å². The van der Waals surface area contributed by atoms with Crippen molar-refractivity contribution in [1.29, 1.82) is 5.26 Å². The maximum absolute atomic E-state index is 8.71. The number of nitrogens with zero attached hydrogens (tertiary/aromatic N) is 2. The molecule has 0 aliphatic rings. The van der Waals surface area contributed by atoms with E-state index in [-0.39, 0.29) is 12.3 Å². The summed E-state index contributed by atoms with van der Waals surface area (Å²) in [5, 5.41) is 15.2. The average molecular weight is 272 g/mol. The summed E-state index contributed by atoms with van der Waals surface area (Å²) in [6.07, 6.45) is 0. The zero-order valence-electron chi connectivity index (χ0n) is 11.0. The van der Waals surface area contributed by atoms with E-state index in [1.165, 1.54) is 0 Å². The highest BCUT2D eigenvalue weighted by atomic mass is 16.5. The molecule has 0 atom stereocenters. The third kappa shape index (κ3) is 3.82. The van der Waals surface area contributed by atoms with Gasteiger partial charge in [-0.05, 0) is 5.56 Å². The summed E-state index contributed by atoms with van der Waals surface area (Å²) in [5.74, 6) is 0. The smallest absolute Gasteiger partial charge is 0.185 e. The standard InChI is InChI=1S/C14H16N4O2/c15-8-12-14(16)13(18-17-12)10-20-7-6-19-9-11-4-2-1-3-5-11/h1-5H,6-7,9-10,16H2,(H,17,18). The van der Waals surface area contributed by atoms with E-state index in [1.54, 1.807) is 0 Å². The number of ether oxygens (including phenoxy) is 2. The fraction of sp³-hybridized carbons (Fsp3) is 0.286. The van der Waals surface area contributed by atoms with Gasteiger partial charge in [-0.2, -0.15) is 10.4 Å². The van der Waals surface area contributed by atoms with Crippen LogP contribution in [0.2, 0.25) is 0 Å². The van der Waals surface area contributed by atoms with Gasteiger partial charge >= 0.3 is 0 Å². The van der Waals surface area contributed by atoms with Crippen molar-refractivity contribution in [3.8, 4) is 6.07 Å². The number of hydrogen-bond acceptors (Lipinski definition) is 5. The molecule has 0 amide bonds. The monoisotopic (exact) mass is 272 g/mol. The minimum Gasteiger partial charge on any atom is -0.395 e. The number of anilines is 1. The summed E-state index contributed by atoms with van der Waals surface area (Å²) >= 11 is 0. The second-order valence-corrected chi connectivity index (χ2v) is 4.17. The van der Waals surface area contributed by atoms with Crippen molar-refractivity contribution >= 4 is 5.69 Å². The molecule has 1 aromatic heterocycles. The first-order chi connectivity index (χ1) is 9.81. The van der Waals surface area contributed by atoms with Crippen molar-refractivity contribution in [2.75, 3.05) is 18.9 Å². The Kier molecular flexibility index (Phi) is 5.12. The molecule has 6 heteroatoms. The molecule has 0 unspecified atom stereocenters. The number of aromatic nitrogens is 2. The molecule has 3 N–H and O–H groups in total. The maximum atomic E-state index is 8.71. The number of nitrogens with two attached hydrogens (primary N) is 1. The zero-order valence-corrected chi connectivity index (χ0v) is 11.0. The molecule has 6 nitrogen and oxygen atoms in total. The van der Waals surface area contributed by atoms with Crippen LogP contribution in [0, 0.1) is 11.3 Å². The van der Waals surface area contributed by atoms with Gasteiger partial charge in [0, 0.05) is 0 Å². The fourth-order valence-corrected chi connectivity index (χ4v) is 1.64. The summed E-state index contributed by atoms with van der Waals surface area (Å²) in [7, 11) is 0. The number of nitriles is 1. The molecule has 0 spiro atoms. The van der Waals surface area contributed by atoms with Gasteiger partial charge in [-0.3, -0.25) is 5.10 Å². The minimum absolute atomic E-state index is 0.198. The summed E-state index contributed by atoms with van der Waals surface area (Å²) in [4.78, 5) is 0. The van der Waals surface area contributed by atoms with Crippen LogP contribution in [0.3, 0.4) is 0 Å². The van der Waals surface area contributed by atoms with Gasteiger partial charge in [-0.1, -0.05) is 30.3 Å². The van der Waals surface area contributed by atoms with Crippen molar-refractivity contribution in [2.24, 2.45) is 0 Å². The van der Waals surface area contributed by atoms with Gasteiger partial charge in [0.25, 0.3) is 0 Å². The molecule has 1 aromatic carbocycles. The van der Waals surface area contributed by atoms with Crippen molar-refractivity contribution in [1.82, 2.24) is 10.2 Å². The first-order valence-corrected chi connectivity index (χ1v) is 6.23. The molecule has 0 saturated heterocycles. The Morgan fingerprint density at radius 2 is 1.85 bits per heavy atom. The molecule has 0 fully saturated rings. The van der Waals surface area contributed by atoms with Gasteiger partial charge in [0.2, 0.25) is 0 Å². The quantitative estimate of drug-likeness (QED) is 0.746. The lowest BCUT2D eigenvalue weighted by atomic mass is 10.2. The number of aromatic amines is 1. The van der Waals surface area contributed by atoms with Crippen LogP contribution in [-0.2, 0) is 22.7 Å². The second kappa shape index (κ2) is 7.28. The normalized spacial score (nSPS) is 10.3. The van der Waals surface area contributed by atoms with Gasteiger partial charge in [-0.15, -0.1) is 0 Å². The molecule has 20 heavy (non-hydrogen) atoms. The van der Waals surface area contributed by atoms with E-state index in [4.69, 9.17) is 20.5 Å². The predicted molar refractivity (Wildman–Crippen MR) is 73.5 cm³/mol. The number of hydrogen-bond donors (Lipinski definition) is 2. The largest absolute Gasteiger partial charge is 0.395 e. The molecule has 104 valence electrons. The topological polar surface area (TPSA) is 97.0 Å². The molecule has 1 heterocycles. The Bertz CT molecular complexity index is 575. The first kappa shape index (κ1) is 14.1. The van der Waals surface area contributed by atoms with Gasteiger partial charge in [0.15, 0.2) is 5.69 Å². The van der Waals surface area contributed by atoms with E-state index in [1.807, 2.05) is 36.4 Å². The summed E-state index contributed by atoms with van der Waals surface area (Å²) in [5.41, 5.74) is 7.99. The number of nitrogen functional groups attached to an aromatic ring is 1. The molecule has 2 rings (SSSR count). The molecule has 0 bridgehead atoms. The lowest BCUT2D eigenvalue weighted by molar-refractivity contribution is 0.0330. The first-order valence-electron chi connectivity index (χ1n) is 6.23. The number of nitrogens with one attached hydrogen (secondary N) is 1. The SMILES string of the molecule is N#Cc1n[nH]c(COCCOCc2ccccc2)c1N. The van der Waals surface area contributed by atoms with Gasteiger partial charge in [-0.25, -0.2) is 0 Å². The van der Waals surface area contributed by atoms with Crippen molar-refractivity contribution < 1.29 is 9.47 Å². The maximum Gasteiger partial charge on any atom is 0.185 e. The van der Waals surface area contributed by atoms with Crippen LogP contribution < -0.4 is 5.73 Å². The molecule has 0 saturated carbocycles. The Hall–Kier alpha value is -2.36. The zero-order chi connectivity index (χ0) is 14.2. The Labute approximate surface area is 117 Å². The van der Waals surface area contributed by atoms with E-state index in [0.717, 1.165) is 5.56 Å². The predicted octanol–water partition coefficient (Wildman–Crippen LogP) is 1.60. The number of rotatable bonds is 7. The lowest BCUT2D eigenvalue weighted by Gasteiger charge is -2.05. The second-order valence-electron chi connectivity index (χ2n) is 4.17. The van der Waals surface area contributed by atoms with Crippen LogP contribution in [0.1, 0.15) is 17.0 Å². The molecular formula is C14H16N4O2. The molecule has 0 aliphatic heterocycles. The Morgan fingerprint density at radius 1 is 1.15 bits per heavy atom. The molecular weight excluding hydrogens is 256 g/mol. The highest BCUT2D eigenvalue weighted by molar-refractivity contribution is 5.53. The highest BCUT2D eigenvalue weighted by Crippen LogP contribution is 2.13. The summed E-state index contributed by atoms with van der Waals surface area (Å²) in [6.45, 7) is 1.80. The Morgan fingerprint density at radius 3 is 2.50 bits per heavy atom. The van der Waals surface area contributed by atoms with Crippen LogP contribution >= 0.6 is 0 Å². The fourth-order valence-electron chi connectivity index (χ4n) is 1.64. The van der Waals surface area contributed by atoms with Crippen LogP contribution in [0.15, 0.2) is 30.3 Å². The summed E-state index contributed by atoms with van der Waals surface area (Å²) < 4.78 is 10.9. The average Bonchev–Trinajstić information content (AvgIpc) is 2.84. The van der Waals surface area contributed by atoms with Crippen LogP contribution in [-0.4, -0.2) is 23.4 Å². The Balaban J connectivity index is 1.62. The van der Waals surface area contributed by atoms with E-state index in [0.29, 0.717) is 31.2 Å². The molecule has 2 aromatic rings. The van der Waals surface area contributed by atoms with E-state index >= 15 is 0 Å². The van der Waals surface area contributed by atoms with E-state index < -0.39 is 0 Å². The third-order valence-electron chi connectivity index (χ3n) is 2.72. The number of H-pyrrole nitrogens is 1. The minimum atomic E-state index is 0.198. The van der Waals surface area contributed by atoms with Crippen molar-refractivity contribution in [3.05, 3.63) is 47.3 Å².